The number of esters is 1. The first-order chi connectivity index (χ1) is 20.6. The molecule has 242 valence electrons. The van der Waals surface area contributed by atoms with Crippen molar-refractivity contribution in [2.75, 3.05) is 25.1 Å². The number of anilines is 1. The van der Waals surface area contributed by atoms with E-state index in [1.165, 1.54) is 31.1 Å². The highest BCUT2D eigenvalue weighted by molar-refractivity contribution is 5.72. The molecule has 1 amide bonds. The van der Waals surface area contributed by atoms with Gasteiger partial charge in [-0.2, -0.15) is 13.2 Å². The highest BCUT2D eigenvalue weighted by Gasteiger charge is 2.42. The van der Waals surface area contributed by atoms with E-state index in [2.05, 4.69) is 4.74 Å². The molecular formula is C30H33F7N2O5. The Morgan fingerprint density at radius 1 is 1.05 bits per heavy atom. The van der Waals surface area contributed by atoms with Gasteiger partial charge in [-0.05, 0) is 93.0 Å². The molecule has 1 saturated carbocycles. The molecule has 1 aliphatic heterocycles. The van der Waals surface area contributed by atoms with Crippen molar-refractivity contribution in [1.29, 1.82) is 0 Å². The molecule has 2 aromatic rings. The minimum Gasteiger partial charge on any atom is -0.469 e. The Morgan fingerprint density at radius 2 is 1.73 bits per heavy atom. The number of cyclic esters (lactones) is 1. The Morgan fingerprint density at radius 3 is 2.32 bits per heavy atom. The van der Waals surface area contributed by atoms with Crippen LogP contribution in [0.15, 0.2) is 36.4 Å². The van der Waals surface area contributed by atoms with Gasteiger partial charge in [0.1, 0.15) is 17.7 Å². The predicted molar refractivity (Wildman–Crippen MR) is 144 cm³/mol. The van der Waals surface area contributed by atoms with Crippen molar-refractivity contribution in [2.24, 2.45) is 11.8 Å². The zero-order valence-electron chi connectivity index (χ0n) is 24.3. The van der Waals surface area contributed by atoms with E-state index in [4.69, 9.17) is 9.47 Å². The molecular weight excluding hydrogens is 601 g/mol. The zero-order valence-corrected chi connectivity index (χ0v) is 24.3. The lowest BCUT2D eigenvalue weighted by molar-refractivity contribution is -0.274. The molecule has 14 heteroatoms. The van der Waals surface area contributed by atoms with Crippen LogP contribution in [0, 0.1) is 17.7 Å². The van der Waals surface area contributed by atoms with Gasteiger partial charge in [0, 0.05) is 18.8 Å². The topological polar surface area (TPSA) is 68.3 Å². The number of nitrogens with zero attached hydrogens (tertiary/aromatic N) is 2. The number of rotatable bonds is 9. The lowest BCUT2D eigenvalue weighted by Gasteiger charge is -2.34. The molecule has 2 aromatic carbocycles. The number of benzene rings is 2. The largest absolute Gasteiger partial charge is 0.573 e. The molecule has 0 bridgehead atoms. The summed E-state index contributed by atoms with van der Waals surface area (Å²) >= 11 is 0. The minimum absolute atomic E-state index is 0.179. The van der Waals surface area contributed by atoms with Crippen LogP contribution >= 0.6 is 0 Å². The molecule has 4 rings (SSSR count). The molecule has 1 aliphatic carbocycles. The van der Waals surface area contributed by atoms with Crippen LogP contribution in [0.5, 0.6) is 5.75 Å². The van der Waals surface area contributed by atoms with Crippen molar-refractivity contribution in [3.05, 3.63) is 58.9 Å². The number of hydrogen-bond acceptors (Lipinski definition) is 6. The van der Waals surface area contributed by atoms with Crippen LogP contribution in [-0.2, 0) is 27.0 Å². The van der Waals surface area contributed by atoms with Gasteiger partial charge in [-0.1, -0.05) is 0 Å². The lowest BCUT2D eigenvalue weighted by atomic mass is 9.81. The number of carbonyl (C=O) groups excluding carboxylic acids is 2. The first kappa shape index (κ1) is 33.2. The number of halogens is 7. The van der Waals surface area contributed by atoms with Crippen LogP contribution in [0.2, 0.25) is 0 Å². The van der Waals surface area contributed by atoms with E-state index in [-0.39, 0.29) is 35.5 Å². The number of ether oxygens (including phenoxy) is 3. The maximum atomic E-state index is 14.1. The summed E-state index contributed by atoms with van der Waals surface area (Å²) in [6, 6.07) is 4.80. The van der Waals surface area contributed by atoms with Gasteiger partial charge in [0.2, 0.25) is 0 Å². The fourth-order valence-corrected chi connectivity index (χ4v) is 5.93. The molecule has 2 fully saturated rings. The normalized spacial score (nSPS) is 22.5. The average molecular weight is 635 g/mol. The summed E-state index contributed by atoms with van der Waals surface area (Å²) in [4.78, 5) is 28.0. The first-order valence-electron chi connectivity index (χ1n) is 14.2. The Balaban J connectivity index is 1.60. The Labute approximate surface area is 249 Å². The number of methoxy groups -OCH3 is 1. The van der Waals surface area contributed by atoms with Crippen molar-refractivity contribution < 1.29 is 54.5 Å². The molecule has 0 radical (unpaired) electrons. The standard InChI is InChI=1S/C30H33F7N2O5/c1-4-38(15-18-5-7-19(8-6-18)27(40)42-3)25-10-9-24(44-30(35,36)37)13-21(25)16-39-17(2)26(43-28(39)41)20-11-22(29(32,33)34)14-23(31)12-20/h9-14,17-19,26H,4-8,15-16H2,1-3H3/t17-,18-,19-,26-/m0/s1. The van der Waals surface area contributed by atoms with E-state index < -0.39 is 47.9 Å². The molecule has 2 atom stereocenters. The number of alkyl halides is 6. The third-order valence-corrected chi connectivity index (χ3v) is 8.18. The Hall–Kier alpha value is -3.71. The second-order valence-electron chi connectivity index (χ2n) is 11.1. The molecule has 1 saturated heterocycles. The van der Waals surface area contributed by atoms with Gasteiger partial charge in [0.15, 0.2) is 0 Å². The first-order valence-corrected chi connectivity index (χ1v) is 14.2. The smallest absolute Gasteiger partial charge is 0.469 e. The number of carbonyl (C=O) groups is 2. The summed E-state index contributed by atoms with van der Waals surface area (Å²) in [6.07, 6.45) is -9.21. The maximum Gasteiger partial charge on any atom is 0.573 e. The van der Waals surface area contributed by atoms with Crippen molar-refractivity contribution in [2.45, 2.75) is 70.8 Å². The van der Waals surface area contributed by atoms with Crippen LogP contribution in [0.1, 0.15) is 62.3 Å². The third-order valence-electron chi connectivity index (χ3n) is 8.18. The van der Waals surface area contributed by atoms with Crippen LogP contribution in [0.25, 0.3) is 0 Å². The minimum atomic E-state index is -4.97. The Bertz CT molecular complexity index is 1340. The van der Waals surface area contributed by atoms with Crippen LogP contribution < -0.4 is 9.64 Å². The van der Waals surface area contributed by atoms with E-state index in [0.717, 1.165) is 25.0 Å². The highest BCUT2D eigenvalue weighted by Crippen LogP contribution is 2.39. The monoisotopic (exact) mass is 634 g/mol. The zero-order chi connectivity index (χ0) is 32.4. The van der Waals surface area contributed by atoms with Crippen molar-refractivity contribution in [3.63, 3.8) is 0 Å². The summed E-state index contributed by atoms with van der Waals surface area (Å²) in [5.41, 5.74) is -0.623. The van der Waals surface area contributed by atoms with Gasteiger partial charge < -0.3 is 19.1 Å². The fraction of sp³-hybridized carbons (Fsp3) is 0.533. The predicted octanol–water partition coefficient (Wildman–Crippen LogP) is 7.63. The van der Waals surface area contributed by atoms with E-state index in [1.54, 1.807) is 0 Å². The summed E-state index contributed by atoms with van der Waals surface area (Å²) in [5.74, 6) is -1.92. The van der Waals surface area contributed by atoms with E-state index >= 15 is 0 Å². The highest BCUT2D eigenvalue weighted by atomic mass is 19.4. The number of hydrogen-bond donors (Lipinski definition) is 0. The van der Waals surface area contributed by atoms with E-state index in [9.17, 15) is 40.3 Å². The molecule has 44 heavy (non-hydrogen) atoms. The second-order valence-corrected chi connectivity index (χ2v) is 11.1. The average Bonchev–Trinajstić information content (AvgIpc) is 3.23. The van der Waals surface area contributed by atoms with Crippen molar-refractivity contribution in [3.8, 4) is 5.75 Å². The van der Waals surface area contributed by atoms with Gasteiger partial charge in [0.25, 0.3) is 0 Å². The van der Waals surface area contributed by atoms with Gasteiger partial charge in [-0.15, -0.1) is 13.2 Å². The quantitative estimate of drug-likeness (QED) is 0.209. The molecule has 7 nitrogen and oxygen atoms in total. The SMILES string of the molecule is CCN(C[C@H]1CC[C@H](C(=O)OC)CC1)c1ccc(OC(F)(F)F)cc1CN1C(=O)O[C@H](c2cc(F)cc(C(F)(F)F)c2)[C@@H]1C. The second kappa shape index (κ2) is 13.1. The molecule has 2 aliphatic rings. The molecule has 0 unspecified atom stereocenters. The van der Waals surface area contributed by atoms with Crippen LogP contribution in [-0.4, -0.2) is 49.6 Å². The summed E-state index contributed by atoms with van der Waals surface area (Å²) < 4.78 is 108. The van der Waals surface area contributed by atoms with Crippen LogP contribution in [0.4, 0.5) is 41.2 Å². The molecule has 1 heterocycles. The summed E-state index contributed by atoms with van der Waals surface area (Å²) in [7, 11) is 1.35. The summed E-state index contributed by atoms with van der Waals surface area (Å²) in [5, 5.41) is 0. The van der Waals surface area contributed by atoms with E-state index in [1.807, 2.05) is 11.8 Å². The lowest BCUT2D eigenvalue weighted by Crippen LogP contribution is -2.35. The van der Waals surface area contributed by atoms with Crippen molar-refractivity contribution in [1.82, 2.24) is 4.90 Å². The number of amides is 1. The van der Waals surface area contributed by atoms with Gasteiger partial charge >= 0.3 is 24.6 Å². The Kier molecular flexibility index (Phi) is 9.89. The van der Waals surface area contributed by atoms with Gasteiger partial charge in [-0.25, -0.2) is 9.18 Å². The molecule has 0 N–H and O–H groups in total. The fourth-order valence-electron chi connectivity index (χ4n) is 5.93. The van der Waals surface area contributed by atoms with Crippen molar-refractivity contribution >= 4 is 17.7 Å². The van der Waals surface area contributed by atoms with Gasteiger partial charge in [-0.3, -0.25) is 9.69 Å². The third kappa shape index (κ3) is 7.86. The molecule has 0 aromatic heterocycles. The van der Waals surface area contributed by atoms with Crippen LogP contribution in [0.3, 0.4) is 0 Å². The maximum absolute atomic E-state index is 14.1. The molecule has 0 spiro atoms. The summed E-state index contributed by atoms with van der Waals surface area (Å²) in [6.45, 7) is 4.11. The van der Waals surface area contributed by atoms with E-state index in [0.29, 0.717) is 43.8 Å². The van der Waals surface area contributed by atoms with Gasteiger partial charge in [0.05, 0.1) is 31.2 Å².